The summed E-state index contributed by atoms with van der Waals surface area (Å²) in [6, 6.07) is 4.39. The maximum Gasteiger partial charge on any atom is 0.311 e. The van der Waals surface area contributed by atoms with E-state index in [9.17, 15) is 14.9 Å². The van der Waals surface area contributed by atoms with Gasteiger partial charge in [0.25, 0.3) is 5.91 Å². The molecule has 21 heavy (non-hydrogen) atoms. The highest BCUT2D eigenvalue weighted by molar-refractivity contribution is 5.98. The molecule has 0 unspecified atom stereocenters. The minimum atomic E-state index is -0.545. The van der Waals surface area contributed by atoms with Crippen molar-refractivity contribution < 1.29 is 14.5 Å². The molecule has 0 aromatic heterocycles. The second-order valence-electron chi connectivity index (χ2n) is 5.09. The second kappa shape index (κ2) is 6.53. The van der Waals surface area contributed by atoms with Crippen LogP contribution in [0.5, 0.6) is 5.75 Å². The Morgan fingerprint density at radius 1 is 1.48 bits per heavy atom. The van der Waals surface area contributed by atoms with Gasteiger partial charge in [0.05, 0.1) is 17.6 Å². The van der Waals surface area contributed by atoms with E-state index in [0.717, 1.165) is 12.8 Å². The zero-order chi connectivity index (χ0) is 15.4. The molecule has 1 aromatic carbocycles. The van der Waals surface area contributed by atoms with Crippen molar-refractivity contribution in [3.63, 3.8) is 0 Å². The van der Waals surface area contributed by atoms with Gasteiger partial charge in [0, 0.05) is 19.2 Å². The fourth-order valence-corrected chi connectivity index (χ4v) is 2.59. The molecule has 0 radical (unpaired) electrons. The largest absolute Gasteiger partial charge is 0.490 e. The van der Waals surface area contributed by atoms with Crippen molar-refractivity contribution in [2.75, 3.05) is 26.7 Å². The highest BCUT2D eigenvalue weighted by Crippen LogP contribution is 2.32. The molecule has 2 N–H and O–H groups in total. The lowest BCUT2D eigenvalue weighted by Gasteiger charge is -2.31. The Bertz CT molecular complexity index is 539. The number of nitro groups is 1. The summed E-state index contributed by atoms with van der Waals surface area (Å²) in [6.45, 7) is 1.86. The number of carbonyl (C=O) groups is 1. The summed E-state index contributed by atoms with van der Waals surface area (Å²) < 4.78 is 5.08. The molecule has 1 fully saturated rings. The van der Waals surface area contributed by atoms with Gasteiger partial charge in [-0.2, -0.15) is 0 Å². The van der Waals surface area contributed by atoms with Crippen LogP contribution < -0.4 is 10.5 Å². The van der Waals surface area contributed by atoms with Gasteiger partial charge in [0.1, 0.15) is 0 Å². The molecule has 7 heteroatoms. The van der Waals surface area contributed by atoms with Gasteiger partial charge in [-0.05, 0) is 31.4 Å². The number of methoxy groups -OCH3 is 1. The number of carbonyl (C=O) groups excluding carboxylic acids is 1. The van der Waals surface area contributed by atoms with E-state index < -0.39 is 4.92 Å². The summed E-state index contributed by atoms with van der Waals surface area (Å²) in [5, 5.41) is 11.0. The van der Waals surface area contributed by atoms with Gasteiger partial charge in [0.2, 0.25) is 5.75 Å². The number of benzene rings is 1. The molecule has 1 aromatic rings. The number of para-hydroxylation sites is 1. The molecular formula is C14H19N3O4. The van der Waals surface area contributed by atoms with Crippen molar-refractivity contribution in [2.24, 2.45) is 11.7 Å². The van der Waals surface area contributed by atoms with Crippen LogP contribution in [0.4, 0.5) is 5.69 Å². The minimum absolute atomic E-state index is 0.0217. The lowest BCUT2D eigenvalue weighted by molar-refractivity contribution is -0.385. The van der Waals surface area contributed by atoms with Crippen molar-refractivity contribution in [1.82, 2.24) is 4.90 Å². The monoisotopic (exact) mass is 293 g/mol. The number of nitrogens with two attached hydrogens (primary N) is 1. The number of likely N-dealkylation sites (tertiary alicyclic amines) is 1. The normalized spacial score (nSPS) is 15.8. The molecule has 1 aliphatic rings. The smallest absolute Gasteiger partial charge is 0.311 e. The summed E-state index contributed by atoms with van der Waals surface area (Å²) in [4.78, 5) is 24.7. The number of amides is 1. The van der Waals surface area contributed by atoms with E-state index in [1.54, 1.807) is 11.0 Å². The van der Waals surface area contributed by atoms with E-state index in [1.165, 1.54) is 19.2 Å². The van der Waals surface area contributed by atoms with Gasteiger partial charge in [0.15, 0.2) is 0 Å². The number of nitro benzene ring substituents is 1. The molecule has 0 aliphatic carbocycles. The number of nitrogens with zero attached hydrogens (tertiary/aromatic N) is 2. The molecule has 1 amide bonds. The molecule has 0 saturated carbocycles. The van der Waals surface area contributed by atoms with E-state index in [0.29, 0.717) is 25.6 Å². The zero-order valence-corrected chi connectivity index (χ0v) is 11.9. The number of ether oxygens (including phenoxy) is 1. The van der Waals surface area contributed by atoms with Gasteiger partial charge in [-0.3, -0.25) is 14.9 Å². The van der Waals surface area contributed by atoms with Gasteiger partial charge < -0.3 is 15.4 Å². The third-order valence-corrected chi connectivity index (χ3v) is 3.86. The lowest BCUT2D eigenvalue weighted by Crippen LogP contribution is -2.40. The van der Waals surface area contributed by atoms with Crippen LogP contribution in [0.2, 0.25) is 0 Å². The predicted octanol–water partition coefficient (Wildman–Crippen LogP) is 1.41. The van der Waals surface area contributed by atoms with Crippen molar-refractivity contribution in [1.29, 1.82) is 0 Å². The van der Waals surface area contributed by atoms with E-state index in [2.05, 4.69) is 0 Å². The Hall–Kier alpha value is -2.15. The van der Waals surface area contributed by atoms with Crippen molar-refractivity contribution in [3.05, 3.63) is 33.9 Å². The Morgan fingerprint density at radius 2 is 2.14 bits per heavy atom. The molecular weight excluding hydrogens is 274 g/mol. The maximum atomic E-state index is 12.5. The van der Waals surface area contributed by atoms with Gasteiger partial charge in [-0.15, -0.1) is 0 Å². The first-order chi connectivity index (χ1) is 10.1. The average Bonchev–Trinajstić information content (AvgIpc) is 2.53. The first kappa shape index (κ1) is 15.2. The Kier molecular flexibility index (Phi) is 4.74. The van der Waals surface area contributed by atoms with Crippen LogP contribution in [0.3, 0.4) is 0 Å². The Morgan fingerprint density at radius 3 is 2.67 bits per heavy atom. The summed E-state index contributed by atoms with van der Waals surface area (Å²) in [7, 11) is 1.33. The quantitative estimate of drug-likeness (QED) is 0.668. The molecule has 0 spiro atoms. The third kappa shape index (κ3) is 3.13. The Labute approximate surface area is 122 Å². The first-order valence-electron chi connectivity index (χ1n) is 6.89. The Balaban J connectivity index is 2.24. The van der Waals surface area contributed by atoms with Crippen LogP contribution in [0.25, 0.3) is 0 Å². The topological polar surface area (TPSA) is 98.7 Å². The first-order valence-corrected chi connectivity index (χ1v) is 6.89. The zero-order valence-electron chi connectivity index (χ0n) is 11.9. The number of piperidine rings is 1. The van der Waals surface area contributed by atoms with Crippen LogP contribution in [-0.4, -0.2) is 42.5 Å². The third-order valence-electron chi connectivity index (χ3n) is 3.86. The molecule has 1 aliphatic heterocycles. The van der Waals surface area contributed by atoms with Crippen LogP contribution in [0.15, 0.2) is 18.2 Å². The summed E-state index contributed by atoms with van der Waals surface area (Å²) in [5.74, 6) is 0.237. The summed E-state index contributed by atoms with van der Waals surface area (Å²) >= 11 is 0. The van der Waals surface area contributed by atoms with E-state index in [-0.39, 0.29) is 22.9 Å². The molecule has 1 saturated heterocycles. The molecule has 0 atom stereocenters. The lowest BCUT2D eigenvalue weighted by atomic mass is 9.96. The molecule has 0 bridgehead atoms. The van der Waals surface area contributed by atoms with E-state index in [1.807, 2.05) is 0 Å². The number of hydrogen-bond donors (Lipinski definition) is 1. The second-order valence-corrected chi connectivity index (χ2v) is 5.09. The number of rotatable bonds is 4. The fraction of sp³-hybridized carbons (Fsp3) is 0.500. The standard InChI is InChI=1S/C14H19N3O4/c1-21-13-11(3-2-4-12(13)17(19)20)14(18)16-7-5-10(9-15)6-8-16/h2-4,10H,5-9,15H2,1H3. The van der Waals surface area contributed by atoms with E-state index in [4.69, 9.17) is 10.5 Å². The van der Waals surface area contributed by atoms with Crippen LogP contribution in [0.1, 0.15) is 23.2 Å². The summed E-state index contributed by atoms with van der Waals surface area (Å²) in [6.07, 6.45) is 1.72. The highest BCUT2D eigenvalue weighted by atomic mass is 16.6. The van der Waals surface area contributed by atoms with Crippen LogP contribution in [-0.2, 0) is 0 Å². The molecule has 7 nitrogen and oxygen atoms in total. The van der Waals surface area contributed by atoms with Gasteiger partial charge in [-0.1, -0.05) is 6.07 Å². The van der Waals surface area contributed by atoms with Crippen LogP contribution in [0, 0.1) is 16.0 Å². The average molecular weight is 293 g/mol. The van der Waals surface area contributed by atoms with E-state index >= 15 is 0 Å². The van der Waals surface area contributed by atoms with Gasteiger partial charge >= 0.3 is 5.69 Å². The fourth-order valence-electron chi connectivity index (χ4n) is 2.59. The number of hydrogen-bond acceptors (Lipinski definition) is 5. The van der Waals surface area contributed by atoms with Crippen molar-refractivity contribution in [2.45, 2.75) is 12.8 Å². The van der Waals surface area contributed by atoms with Crippen LogP contribution >= 0.6 is 0 Å². The predicted molar refractivity (Wildman–Crippen MR) is 77.3 cm³/mol. The van der Waals surface area contributed by atoms with Gasteiger partial charge in [-0.25, -0.2) is 0 Å². The maximum absolute atomic E-state index is 12.5. The molecule has 2 rings (SSSR count). The summed E-state index contributed by atoms with van der Waals surface area (Å²) in [5.41, 5.74) is 5.68. The molecule has 114 valence electrons. The SMILES string of the molecule is COc1c(C(=O)N2CCC(CN)CC2)cccc1[N+](=O)[O-]. The minimum Gasteiger partial charge on any atom is -0.490 e. The molecule has 1 heterocycles. The van der Waals surface area contributed by atoms with Crippen molar-refractivity contribution in [3.8, 4) is 5.75 Å². The highest BCUT2D eigenvalue weighted by Gasteiger charge is 2.28. The van der Waals surface area contributed by atoms with Crippen molar-refractivity contribution >= 4 is 11.6 Å².